The normalized spacial score (nSPS) is 12.9. The number of aliphatic carboxylic acids is 1. The first-order valence-corrected chi connectivity index (χ1v) is 5.35. The van der Waals surface area contributed by atoms with Crippen LogP contribution in [0.4, 0.5) is 0 Å². The minimum atomic E-state index is -0.819. The quantitative estimate of drug-likeness (QED) is 0.698. The van der Waals surface area contributed by atoms with E-state index in [1.807, 2.05) is 0 Å². The van der Waals surface area contributed by atoms with E-state index in [0.29, 0.717) is 6.61 Å². The number of rotatable bonds is 6. The molecule has 3 nitrogen and oxygen atoms in total. The van der Waals surface area contributed by atoms with Gasteiger partial charge in [-0.2, -0.15) is 0 Å². The molecule has 1 unspecified atom stereocenters. The van der Waals surface area contributed by atoms with Crippen LogP contribution in [0.15, 0.2) is 0 Å². The first-order valence-electron chi connectivity index (χ1n) is 4.77. The Kier molecular flexibility index (Phi) is 5.03. The molecule has 0 heterocycles. The van der Waals surface area contributed by atoms with Crippen molar-refractivity contribution < 1.29 is 14.6 Å². The van der Waals surface area contributed by atoms with Crippen molar-refractivity contribution in [3.63, 3.8) is 0 Å². The Morgan fingerprint density at radius 2 is 1.86 bits per heavy atom. The van der Waals surface area contributed by atoms with E-state index in [0.717, 1.165) is 6.42 Å². The van der Waals surface area contributed by atoms with Crippen LogP contribution in [0.1, 0.15) is 40.5 Å². The fourth-order valence-corrected chi connectivity index (χ4v) is 1.12. The average Bonchev–Trinajstić information content (AvgIpc) is 1.78. The van der Waals surface area contributed by atoms with Gasteiger partial charge in [-0.3, -0.25) is 4.79 Å². The SMILES string of the molecule is CC(C)(P)CCOC(C)(C)CC(=O)O. The molecule has 0 aliphatic rings. The van der Waals surface area contributed by atoms with Crippen LogP contribution in [-0.4, -0.2) is 28.4 Å². The Morgan fingerprint density at radius 3 is 2.21 bits per heavy atom. The van der Waals surface area contributed by atoms with E-state index in [4.69, 9.17) is 9.84 Å². The molecule has 84 valence electrons. The summed E-state index contributed by atoms with van der Waals surface area (Å²) in [5.41, 5.74) is -0.568. The summed E-state index contributed by atoms with van der Waals surface area (Å²) in [6.45, 7) is 8.40. The van der Waals surface area contributed by atoms with Crippen LogP contribution in [0.5, 0.6) is 0 Å². The molecular weight excluding hydrogens is 199 g/mol. The van der Waals surface area contributed by atoms with E-state index in [2.05, 4.69) is 23.1 Å². The molecule has 0 bridgehead atoms. The van der Waals surface area contributed by atoms with E-state index < -0.39 is 11.6 Å². The summed E-state index contributed by atoms with van der Waals surface area (Å²) in [7, 11) is 2.74. The Bertz CT molecular complexity index is 194. The van der Waals surface area contributed by atoms with Crippen LogP contribution in [0.25, 0.3) is 0 Å². The van der Waals surface area contributed by atoms with Crippen molar-refractivity contribution in [3.05, 3.63) is 0 Å². The van der Waals surface area contributed by atoms with Crippen LogP contribution in [-0.2, 0) is 9.53 Å². The zero-order valence-corrected chi connectivity index (χ0v) is 10.6. The summed E-state index contributed by atoms with van der Waals surface area (Å²) >= 11 is 0. The van der Waals surface area contributed by atoms with Crippen molar-refractivity contribution in [2.75, 3.05) is 6.61 Å². The maximum Gasteiger partial charge on any atom is 0.306 e. The van der Waals surface area contributed by atoms with Gasteiger partial charge in [-0.15, -0.1) is 9.24 Å². The second kappa shape index (κ2) is 5.09. The van der Waals surface area contributed by atoms with Gasteiger partial charge in [0.25, 0.3) is 0 Å². The second-order valence-corrected chi connectivity index (χ2v) is 6.48. The predicted octanol–water partition coefficient (Wildman–Crippen LogP) is 2.30. The van der Waals surface area contributed by atoms with Gasteiger partial charge in [0.05, 0.1) is 12.0 Å². The van der Waals surface area contributed by atoms with E-state index in [1.54, 1.807) is 13.8 Å². The van der Waals surface area contributed by atoms with Crippen molar-refractivity contribution >= 4 is 15.2 Å². The van der Waals surface area contributed by atoms with E-state index in [-0.39, 0.29) is 11.6 Å². The Balaban J connectivity index is 3.82. The number of hydrogen-bond donors (Lipinski definition) is 1. The molecule has 0 saturated heterocycles. The molecule has 0 fully saturated rings. The van der Waals surface area contributed by atoms with Crippen molar-refractivity contribution in [2.24, 2.45) is 0 Å². The van der Waals surface area contributed by atoms with Crippen LogP contribution >= 0.6 is 9.24 Å². The van der Waals surface area contributed by atoms with Gasteiger partial charge in [-0.25, -0.2) is 0 Å². The lowest BCUT2D eigenvalue weighted by Gasteiger charge is -2.26. The molecule has 0 spiro atoms. The molecule has 1 atom stereocenters. The zero-order chi connectivity index (χ0) is 11.4. The average molecular weight is 220 g/mol. The minimum Gasteiger partial charge on any atom is -0.481 e. The summed E-state index contributed by atoms with van der Waals surface area (Å²) < 4.78 is 5.52. The molecule has 0 rings (SSSR count). The number of ether oxygens (including phenoxy) is 1. The molecule has 0 aromatic carbocycles. The summed E-state index contributed by atoms with van der Waals surface area (Å²) in [5, 5.41) is 8.78. The van der Waals surface area contributed by atoms with E-state index in [1.165, 1.54) is 0 Å². The molecule has 4 heteroatoms. The number of carboxylic acid groups (broad SMARTS) is 1. The second-order valence-electron chi connectivity index (χ2n) is 4.92. The fraction of sp³-hybridized carbons (Fsp3) is 0.900. The Hall–Kier alpha value is -0.140. The van der Waals surface area contributed by atoms with Gasteiger partial charge in [0.2, 0.25) is 0 Å². The Morgan fingerprint density at radius 1 is 1.36 bits per heavy atom. The van der Waals surface area contributed by atoms with Crippen molar-refractivity contribution in [1.82, 2.24) is 0 Å². The molecule has 1 N–H and O–H groups in total. The third-order valence-electron chi connectivity index (χ3n) is 1.82. The molecule has 0 saturated carbocycles. The lowest BCUT2D eigenvalue weighted by Crippen LogP contribution is -2.29. The zero-order valence-electron chi connectivity index (χ0n) is 9.46. The first kappa shape index (κ1) is 13.9. The topological polar surface area (TPSA) is 46.5 Å². The monoisotopic (exact) mass is 220 g/mol. The lowest BCUT2D eigenvalue weighted by atomic mass is 10.1. The van der Waals surface area contributed by atoms with Gasteiger partial charge in [0.1, 0.15) is 0 Å². The number of carboxylic acids is 1. The van der Waals surface area contributed by atoms with Gasteiger partial charge >= 0.3 is 5.97 Å². The molecule has 0 amide bonds. The minimum absolute atomic E-state index is 0.0459. The van der Waals surface area contributed by atoms with Crippen LogP contribution in [0.3, 0.4) is 0 Å². The van der Waals surface area contributed by atoms with Gasteiger partial charge in [0.15, 0.2) is 0 Å². The van der Waals surface area contributed by atoms with Gasteiger partial charge in [-0.1, -0.05) is 13.8 Å². The summed E-state index contributed by atoms with van der Waals surface area (Å²) in [5.74, 6) is -0.819. The first-order chi connectivity index (χ1) is 6.12. The number of carbonyl (C=O) groups is 1. The van der Waals surface area contributed by atoms with Crippen LogP contribution < -0.4 is 0 Å². The molecule has 0 aromatic rings. The maximum absolute atomic E-state index is 10.5. The van der Waals surface area contributed by atoms with Gasteiger partial charge in [0, 0.05) is 6.61 Å². The van der Waals surface area contributed by atoms with Crippen molar-refractivity contribution in [3.8, 4) is 0 Å². The van der Waals surface area contributed by atoms with E-state index in [9.17, 15) is 4.79 Å². The molecule has 0 aliphatic heterocycles. The highest BCUT2D eigenvalue weighted by atomic mass is 31.0. The predicted molar refractivity (Wildman–Crippen MR) is 60.7 cm³/mol. The highest BCUT2D eigenvalue weighted by Crippen LogP contribution is 2.22. The molecule has 0 aliphatic carbocycles. The Labute approximate surface area is 88.4 Å². The third-order valence-corrected chi connectivity index (χ3v) is 2.10. The van der Waals surface area contributed by atoms with Gasteiger partial charge in [-0.05, 0) is 25.4 Å². The fourth-order valence-electron chi connectivity index (χ4n) is 1.01. The largest absolute Gasteiger partial charge is 0.481 e. The lowest BCUT2D eigenvalue weighted by molar-refractivity contribution is -0.143. The molecule has 14 heavy (non-hydrogen) atoms. The van der Waals surface area contributed by atoms with Crippen molar-refractivity contribution in [1.29, 1.82) is 0 Å². The molecular formula is C10H21O3P. The highest BCUT2D eigenvalue weighted by Gasteiger charge is 2.23. The van der Waals surface area contributed by atoms with Crippen LogP contribution in [0, 0.1) is 0 Å². The smallest absolute Gasteiger partial charge is 0.306 e. The summed E-state index contributed by atoms with van der Waals surface area (Å²) in [4.78, 5) is 10.5. The van der Waals surface area contributed by atoms with Gasteiger partial charge < -0.3 is 9.84 Å². The van der Waals surface area contributed by atoms with E-state index >= 15 is 0 Å². The highest BCUT2D eigenvalue weighted by molar-refractivity contribution is 7.18. The summed E-state index contributed by atoms with van der Waals surface area (Å²) in [6.07, 6.45) is 0.949. The standard InChI is InChI=1S/C10H21O3P/c1-9(2,7-8(11)12)13-6-5-10(3,4)14/h5-7,14H2,1-4H3,(H,11,12). The van der Waals surface area contributed by atoms with Crippen molar-refractivity contribution in [2.45, 2.75) is 51.3 Å². The number of hydrogen-bond acceptors (Lipinski definition) is 2. The molecule has 0 aromatic heterocycles. The third kappa shape index (κ3) is 8.46. The summed E-state index contributed by atoms with van der Waals surface area (Å²) in [6, 6.07) is 0. The maximum atomic E-state index is 10.5. The molecule has 0 radical (unpaired) electrons. The van der Waals surface area contributed by atoms with Crippen LogP contribution in [0.2, 0.25) is 0 Å².